The third-order valence-corrected chi connectivity index (χ3v) is 4.28. The van der Waals surface area contributed by atoms with E-state index in [1.54, 1.807) is 12.4 Å². The maximum absolute atomic E-state index is 12.6. The van der Waals surface area contributed by atoms with E-state index in [0.29, 0.717) is 18.7 Å². The highest BCUT2D eigenvalue weighted by Gasteiger charge is 2.10. The van der Waals surface area contributed by atoms with E-state index in [2.05, 4.69) is 15.3 Å². The number of carbonyl (C=O) groups excluding carboxylic acids is 1. The normalized spacial score (nSPS) is 10.8. The highest BCUT2D eigenvalue weighted by atomic mass is 16.1. The summed E-state index contributed by atoms with van der Waals surface area (Å²) in [5.41, 5.74) is 1.51. The van der Waals surface area contributed by atoms with E-state index in [4.69, 9.17) is 0 Å². The molecule has 4 aromatic rings. The van der Waals surface area contributed by atoms with Crippen LogP contribution >= 0.6 is 0 Å². The Balaban J connectivity index is 1.46. The first-order valence-corrected chi connectivity index (χ1v) is 8.51. The Kier molecular flexibility index (Phi) is 4.43. The molecule has 0 bridgehead atoms. The average molecular weight is 342 g/mol. The van der Waals surface area contributed by atoms with Crippen LogP contribution < -0.4 is 5.32 Å². The van der Waals surface area contributed by atoms with Crippen LogP contribution in [0.3, 0.4) is 0 Å². The minimum absolute atomic E-state index is 0.0682. The lowest BCUT2D eigenvalue weighted by molar-refractivity contribution is 0.0954. The number of nitrogens with one attached hydrogen (secondary N) is 1. The van der Waals surface area contributed by atoms with Gasteiger partial charge in [-0.15, -0.1) is 0 Å². The Bertz CT molecular complexity index is 1030. The van der Waals surface area contributed by atoms with Gasteiger partial charge in [-0.2, -0.15) is 0 Å². The van der Waals surface area contributed by atoms with E-state index in [1.807, 2.05) is 71.4 Å². The van der Waals surface area contributed by atoms with Gasteiger partial charge in [0.2, 0.25) is 0 Å². The fourth-order valence-corrected chi connectivity index (χ4v) is 3.03. The minimum Gasteiger partial charge on any atom is -0.350 e. The minimum atomic E-state index is -0.0682. The van der Waals surface area contributed by atoms with Crippen molar-refractivity contribution in [2.45, 2.75) is 6.54 Å². The van der Waals surface area contributed by atoms with Gasteiger partial charge in [0.05, 0.1) is 0 Å². The van der Waals surface area contributed by atoms with E-state index < -0.39 is 0 Å². The van der Waals surface area contributed by atoms with E-state index >= 15 is 0 Å². The summed E-state index contributed by atoms with van der Waals surface area (Å²) in [4.78, 5) is 21.3. The van der Waals surface area contributed by atoms with Crippen LogP contribution in [-0.2, 0) is 6.54 Å². The molecular formula is C21H18N4O. The van der Waals surface area contributed by atoms with Gasteiger partial charge >= 0.3 is 0 Å². The topological polar surface area (TPSA) is 59.8 Å². The summed E-state index contributed by atoms with van der Waals surface area (Å²) in [6, 6.07) is 19.4. The van der Waals surface area contributed by atoms with Gasteiger partial charge in [-0.05, 0) is 29.0 Å². The number of amides is 1. The Labute approximate surface area is 151 Å². The Morgan fingerprint density at radius 2 is 1.77 bits per heavy atom. The van der Waals surface area contributed by atoms with Gasteiger partial charge < -0.3 is 9.88 Å². The monoisotopic (exact) mass is 342 g/mol. The molecule has 0 aliphatic carbocycles. The molecule has 0 aliphatic heterocycles. The van der Waals surface area contributed by atoms with Crippen LogP contribution in [0.2, 0.25) is 0 Å². The lowest BCUT2D eigenvalue weighted by Crippen LogP contribution is -2.27. The summed E-state index contributed by atoms with van der Waals surface area (Å²) >= 11 is 0. The molecule has 2 aromatic carbocycles. The molecule has 2 aromatic heterocycles. The van der Waals surface area contributed by atoms with E-state index in [9.17, 15) is 4.79 Å². The highest BCUT2D eigenvalue weighted by Crippen LogP contribution is 2.18. The SMILES string of the molecule is O=C(NCCn1ccnc1-c1ccccn1)c1cccc2ccccc12. The lowest BCUT2D eigenvalue weighted by atomic mass is 10.0. The summed E-state index contributed by atoms with van der Waals surface area (Å²) in [6.45, 7) is 1.14. The number of hydrogen-bond acceptors (Lipinski definition) is 3. The molecule has 26 heavy (non-hydrogen) atoms. The van der Waals surface area contributed by atoms with Gasteiger partial charge in [-0.1, -0.05) is 42.5 Å². The van der Waals surface area contributed by atoms with Crippen molar-refractivity contribution in [1.29, 1.82) is 0 Å². The molecule has 0 spiro atoms. The zero-order chi connectivity index (χ0) is 17.8. The molecule has 4 rings (SSSR count). The first-order valence-electron chi connectivity index (χ1n) is 8.51. The molecule has 0 unspecified atom stereocenters. The van der Waals surface area contributed by atoms with Crippen LogP contribution in [0.4, 0.5) is 0 Å². The van der Waals surface area contributed by atoms with Crippen molar-refractivity contribution >= 4 is 16.7 Å². The Hall–Kier alpha value is -3.47. The fraction of sp³-hybridized carbons (Fsp3) is 0.0952. The second-order valence-corrected chi connectivity index (χ2v) is 5.94. The van der Waals surface area contributed by atoms with Crippen LogP contribution in [0.15, 0.2) is 79.3 Å². The zero-order valence-electron chi connectivity index (χ0n) is 14.2. The number of benzene rings is 2. The molecule has 0 fully saturated rings. The number of aromatic nitrogens is 3. The quantitative estimate of drug-likeness (QED) is 0.603. The van der Waals surface area contributed by atoms with E-state index in [0.717, 1.165) is 22.3 Å². The second kappa shape index (κ2) is 7.19. The number of pyridine rings is 1. The van der Waals surface area contributed by atoms with Crippen molar-refractivity contribution in [3.8, 4) is 11.5 Å². The molecule has 0 atom stereocenters. The number of fused-ring (bicyclic) bond motifs is 1. The molecule has 0 radical (unpaired) electrons. The second-order valence-electron chi connectivity index (χ2n) is 5.94. The third kappa shape index (κ3) is 3.19. The number of hydrogen-bond donors (Lipinski definition) is 1. The maximum atomic E-state index is 12.6. The van der Waals surface area contributed by atoms with Crippen molar-refractivity contribution in [2.75, 3.05) is 6.54 Å². The van der Waals surface area contributed by atoms with Gasteiger partial charge in [0, 0.05) is 37.2 Å². The molecule has 0 aliphatic rings. The van der Waals surface area contributed by atoms with Crippen LogP contribution in [0, 0.1) is 0 Å². The predicted molar refractivity (Wildman–Crippen MR) is 102 cm³/mol. The molecule has 1 amide bonds. The molecule has 128 valence electrons. The largest absolute Gasteiger partial charge is 0.350 e. The van der Waals surface area contributed by atoms with Gasteiger partial charge in [-0.3, -0.25) is 9.78 Å². The molecule has 0 saturated heterocycles. The molecule has 1 N–H and O–H groups in total. The van der Waals surface area contributed by atoms with Crippen molar-refractivity contribution in [3.63, 3.8) is 0 Å². The summed E-state index contributed by atoms with van der Waals surface area (Å²) in [6.07, 6.45) is 5.39. The fourth-order valence-electron chi connectivity index (χ4n) is 3.03. The summed E-state index contributed by atoms with van der Waals surface area (Å²) < 4.78 is 1.99. The maximum Gasteiger partial charge on any atom is 0.251 e. The van der Waals surface area contributed by atoms with Gasteiger partial charge in [0.25, 0.3) is 5.91 Å². The molecular weight excluding hydrogens is 324 g/mol. The molecule has 5 heteroatoms. The summed E-state index contributed by atoms with van der Waals surface area (Å²) in [7, 11) is 0. The smallest absolute Gasteiger partial charge is 0.251 e. The lowest BCUT2D eigenvalue weighted by Gasteiger charge is -2.10. The number of carbonyl (C=O) groups is 1. The van der Waals surface area contributed by atoms with E-state index in [1.165, 1.54) is 0 Å². The summed E-state index contributed by atoms with van der Waals surface area (Å²) in [5.74, 6) is 0.728. The molecule has 0 saturated carbocycles. The first kappa shape index (κ1) is 16.0. The zero-order valence-corrected chi connectivity index (χ0v) is 14.2. The van der Waals surface area contributed by atoms with Gasteiger partial charge in [0.1, 0.15) is 5.69 Å². The van der Waals surface area contributed by atoms with Crippen molar-refractivity contribution in [3.05, 3.63) is 84.8 Å². The number of rotatable bonds is 5. The third-order valence-electron chi connectivity index (χ3n) is 4.28. The summed E-state index contributed by atoms with van der Waals surface area (Å²) in [5, 5.41) is 5.02. The van der Waals surface area contributed by atoms with Crippen molar-refractivity contribution in [1.82, 2.24) is 19.9 Å². The van der Waals surface area contributed by atoms with Crippen LogP contribution in [0.5, 0.6) is 0 Å². The van der Waals surface area contributed by atoms with E-state index in [-0.39, 0.29) is 5.91 Å². The van der Waals surface area contributed by atoms with Crippen molar-refractivity contribution < 1.29 is 4.79 Å². The van der Waals surface area contributed by atoms with Crippen LogP contribution in [0.1, 0.15) is 10.4 Å². The van der Waals surface area contributed by atoms with Gasteiger partial charge in [0.15, 0.2) is 5.82 Å². The predicted octanol–water partition coefficient (Wildman–Crippen LogP) is 3.53. The number of nitrogens with zero attached hydrogens (tertiary/aromatic N) is 3. The Morgan fingerprint density at radius 1 is 0.923 bits per heavy atom. The number of imidazole rings is 1. The highest BCUT2D eigenvalue weighted by molar-refractivity contribution is 6.06. The molecule has 2 heterocycles. The molecule has 5 nitrogen and oxygen atoms in total. The Morgan fingerprint density at radius 3 is 2.65 bits per heavy atom. The van der Waals surface area contributed by atoms with Crippen molar-refractivity contribution in [2.24, 2.45) is 0 Å². The van der Waals surface area contributed by atoms with Crippen LogP contribution in [-0.4, -0.2) is 27.0 Å². The van der Waals surface area contributed by atoms with Gasteiger partial charge in [-0.25, -0.2) is 4.98 Å². The average Bonchev–Trinajstić information content (AvgIpc) is 3.16. The van der Waals surface area contributed by atoms with Crippen LogP contribution in [0.25, 0.3) is 22.3 Å². The first-order chi connectivity index (χ1) is 12.8. The standard InChI is InChI=1S/C21H18N4O/c26-21(18-9-5-7-16-6-1-2-8-17(16)18)24-13-15-25-14-12-23-20(25)19-10-3-4-11-22-19/h1-12,14H,13,15H2,(H,24,26).